The van der Waals surface area contributed by atoms with Crippen LogP contribution in [0.1, 0.15) is 46.5 Å². The van der Waals surface area contributed by atoms with Gasteiger partial charge in [-0.25, -0.2) is 0 Å². The van der Waals surface area contributed by atoms with Crippen molar-refractivity contribution in [3.8, 4) is 0 Å². The molecule has 0 aromatic carbocycles. The molecular formula is C14H27NO. The third kappa shape index (κ3) is 2.98. The largest absolute Gasteiger partial charge is 0.378 e. The number of likely N-dealkylation sites (tertiary alicyclic amines) is 1. The summed E-state index contributed by atoms with van der Waals surface area (Å²) in [6, 6.07) is 0.725. The molecule has 0 radical (unpaired) electrons. The fourth-order valence-electron chi connectivity index (χ4n) is 3.25. The molecular weight excluding hydrogens is 198 g/mol. The van der Waals surface area contributed by atoms with Crippen LogP contribution in [-0.4, -0.2) is 36.7 Å². The van der Waals surface area contributed by atoms with E-state index >= 15 is 0 Å². The number of rotatable bonds is 4. The molecule has 0 spiro atoms. The molecule has 2 heteroatoms. The second kappa shape index (κ2) is 5.50. The minimum atomic E-state index is 0.563. The van der Waals surface area contributed by atoms with Gasteiger partial charge in [0.1, 0.15) is 0 Å². The lowest BCUT2D eigenvalue weighted by molar-refractivity contribution is 0.0599. The zero-order valence-corrected chi connectivity index (χ0v) is 11.1. The maximum atomic E-state index is 5.79. The van der Waals surface area contributed by atoms with E-state index in [0.29, 0.717) is 6.10 Å². The van der Waals surface area contributed by atoms with E-state index in [4.69, 9.17) is 4.74 Å². The molecule has 94 valence electrons. The Morgan fingerprint density at radius 3 is 2.62 bits per heavy atom. The highest BCUT2D eigenvalue weighted by Crippen LogP contribution is 2.30. The van der Waals surface area contributed by atoms with Crippen LogP contribution in [0.25, 0.3) is 0 Å². The number of nitrogens with zero attached hydrogens (tertiary/aromatic N) is 1. The summed E-state index contributed by atoms with van der Waals surface area (Å²) < 4.78 is 5.79. The van der Waals surface area contributed by atoms with Gasteiger partial charge in [0.2, 0.25) is 0 Å². The lowest BCUT2D eigenvalue weighted by atomic mass is 9.90. The topological polar surface area (TPSA) is 12.5 Å². The van der Waals surface area contributed by atoms with Gasteiger partial charge in [-0.1, -0.05) is 6.92 Å². The van der Waals surface area contributed by atoms with Gasteiger partial charge in [0.05, 0.1) is 6.10 Å². The molecule has 0 N–H and O–H groups in total. The highest BCUT2D eigenvalue weighted by Gasteiger charge is 2.29. The van der Waals surface area contributed by atoms with Crippen molar-refractivity contribution in [2.45, 2.75) is 58.6 Å². The Hall–Kier alpha value is -0.0800. The van der Waals surface area contributed by atoms with Crippen LogP contribution < -0.4 is 0 Å². The molecule has 16 heavy (non-hydrogen) atoms. The van der Waals surface area contributed by atoms with E-state index in [1.54, 1.807) is 0 Å². The van der Waals surface area contributed by atoms with Crippen LogP contribution in [0.3, 0.4) is 0 Å². The Kier molecular flexibility index (Phi) is 4.26. The summed E-state index contributed by atoms with van der Waals surface area (Å²) >= 11 is 0. The first kappa shape index (κ1) is 12.4. The van der Waals surface area contributed by atoms with Gasteiger partial charge in [-0.05, 0) is 57.9 Å². The van der Waals surface area contributed by atoms with Crippen LogP contribution in [0.2, 0.25) is 0 Å². The maximum Gasteiger partial charge on any atom is 0.0601 e. The van der Waals surface area contributed by atoms with E-state index < -0.39 is 0 Å². The summed E-state index contributed by atoms with van der Waals surface area (Å²) in [6.07, 6.45) is 5.90. The molecule has 2 aliphatic rings. The molecule has 0 bridgehead atoms. The van der Waals surface area contributed by atoms with Crippen LogP contribution in [-0.2, 0) is 4.74 Å². The normalized spacial score (nSPS) is 33.8. The van der Waals surface area contributed by atoms with Gasteiger partial charge < -0.3 is 9.64 Å². The van der Waals surface area contributed by atoms with E-state index in [1.807, 2.05) is 0 Å². The number of hydrogen-bond acceptors (Lipinski definition) is 2. The first-order valence-electron chi connectivity index (χ1n) is 7.02. The third-order valence-corrected chi connectivity index (χ3v) is 4.35. The summed E-state index contributed by atoms with van der Waals surface area (Å²) in [5.41, 5.74) is 0. The Balaban J connectivity index is 1.73. The standard InChI is InChI=1S/C14H27NO/c1-11(2)15-7-6-13(10-15)9-12(3)14-5-4-8-16-14/h11-14H,4-10H2,1-3H3. The summed E-state index contributed by atoms with van der Waals surface area (Å²) in [4.78, 5) is 2.62. The number of hydrogen-bond donors (Lipinski definition) is 0. The predicted octanol–water partition coefficient (Wildman–Crippen LogP) is 2.92. The van der Waals surface area contributed by atoms with Crippen molar-refractivity contribution in [2.75, 3.05) is 19.7 Å². The van der Waals surface area contributed by atoms with Crippen molar-refractivity contribution < 1.29 is 4.74 Å². The van der Waals surface area contributed by atoms with Crippen molar-refractivity contribution in [1.29, 1.82) is 0 Å². The Bertz CT molecular complexity index is 211. The fraction of sp³-hybridized carbons (Fsp3) is 1.00. The SMILES string of the molecule is CC(CC1CCN(C(C)C)C1)C1CCCO1. The summed E-state index contributed by atoms with van der Waals surface area (Å²) in [5, 5.41) is 0. The van der Waals surface area contributed by atoms with E-state index in [2.05, 4.69) is 25.7 Å². The van der Waals surface area contributed by atoms with Crippen LogP contribution >= 0.6 is 0 Å². The minimum Gasteiger partial charge on any atom is -0.378 e. The molecule has 0 aromatic rings. The highest BCUT2D eigenvalue weighted by molar-refractivity contribution is 4.81. The predicted molar refractivity (Wildman–Crippen MR) is 67.6 cm³/mol. The van der Waals surface area contributed by atoms with Crippen LogP contribution in [0, 0.1) is 11.8 Å². The van der Waals surface area contributed by atoms with Crippen molar-refractivity contribution in [3.05, 3.63) is 0 Å². The Morgan fingerprint density at radius 1 is 1.25 bits per heavy atom. The zero-order valence-electron chi connectivity index (χ0n) is 11.1. The summed E-state index contributed by atoms with van der Waals surface area (Å²) in [6.45, 7) is 10.6. The van der Waals surface area contributed by atoms with Gasteiger partial charge in [0, 0.05) is 19.2 Å². The second-order valence-corrected chi connectivity index (χ2v) is 6.01. The van der Waals surface area contributed by atoms with Gasteiger partial charge in [-0.3, -0.25) is 0 Å². The molecule has 0 saturated carbocycles. The molecule has 0 aromatic heterocycles. The smallest absolute Gasteiger partial charge is 0.0601 e. The first-order chi connectivity index (χ1) is 7.66. The van der Waals surface area contributed by atoms with Crippen molar-refractivity contribution >= 4 is 0 Å². The van der Waals surface area contributed by atoms with Gasteiger partial charge >= 0.3 is 0 Å². The molecule has 0 amide bonds. The summed E-state index contributed by atoms with van der Waals surface area (Å²) in [7, 11) is 0. The molecule has 2 nitrogen and oxygen atoms in total. The molecule has 2 heterocycles. The Morgan fingerprint density at radius 2 is 2.06 bits per heavy atom. The molecule has 0 aliphatic carbocycles. The molecule has 2 fully saturated rings. The quantitative estimate of drug-likeness (QED) is 0.729. The van der Waals surface area contributed by atoms with E-state index in [9.17, 15) is 0 Å². The van der Waals surface area contributed by atoms with Crippen molar-refractivity contribution in [2.24, 2.45) is 11.8 Å². The first-order valence-corrected chi connectivity index (χ1v) is 7.02. The van der Waals surface area contributed by atoms with Crippen molar-refractivity contribution in [1.82, 2.24) is 4.90 Å². The molecule has 2 rings (SSSR count). The van der Waals surface area contributed by atoms with E-state index in [0.717, 1.165) is 24.5 Å². The van der Waals surface area contributed by atoms with Gasteiger partial charge in [-0.2, -0.15) is 0 Å². The monoisotopic (exact) mass is 225 g/mol. The average molecular weight is 225 g/mol. The zero-order chi connectivity index (χ0) is 11.5. The van der Waals surface area contributed by atoms with Crippen molar-refractivity contribution in [3.63, 3.8) is 0 Å². The molecule has 2 aliphatic heterocycles. The Labute approximate surface area is 100 Å². The van der Waals surface area contributed by atoms with Gasteiger partial charge in [0.25, 0.3) is 0 Å². The summed E-state index contributed by atoms with van der Waals surface area (Å²) in [5.74, 6) is 1.68. The third-order valence-electron chi connectivity index (χ3n) is 4.35. The number of ether oxygens (including phenoxy) is 1. The van der Waals surface area contributed by atoms with E-state index in [-0.39, 0.29) is 0 Å². The molecule has 3 atom stereocenters. The second-order valence-electron chi connectivity index (χ2n) is 6.01. The molecule has 3 unspecified atom stereocenters. The van der Waals surface area contributed by atoms with Gasteiger partial charge in [0.15, 0.2) is 0 Å². The minimum absolute atomic E-state index is 0.563. The lowest BCUT2D eigenvalue weighted by Gasteiger charge is -2.23. The van der Waals surface area contributed by atoms with Crippen LogP contribution in [0.15, 0.2) is 0 Å². The highest BCUT2D eigenvalue weighted by atomic mass is 16.5. The lowest BCUT2D eigenvalue weighted by Crippen LogP contribution is -2.29. The van der Waals surface area contributed by atoms with Crippen LogP contribution in [0.4, 0.5) is 0 Å². The average Bonchev–Trinajstić information content (AvgIpc) is 2.87. The maximum absolute atomic E-state index is 5.79. The fourth-order valence-corrected chi connectivity index (χ4v) is 3.25. The van der Waals surface area contributed by atoms with Crippen LogP contribution in [0.5, 0.6) is 0 Å². The van der Waals surface area contributed by atoms with E-state index in [1.165, 1.54) is 38.8 Å². The van der Waals surface area contributed by atoms with Gasteiger partial charge in [-0.15, -0.1) is 0 Å². The molecule has 2 saturated heterocycles.